The van der Waals surface area contributed by atoms with Crippen molar-refractivity contribution in [2.75, 3.05) is 19.7 Å². The van der Waals surface area contributed by atoms with Gasteiger partial charge < -0.3 is 14.4 Å². The molecule has 1 aromatic carbocycles. The molecule has 8 heteroatoms. The zero-order valence-electron chi connectivity index (χ0n) is 15.1. The number of nitrogens with zero attached hydrogens (tertiary/aromatic N) is 1. The molecule has 26 heavy (non-hydrogen) atoms. The highest BCUT2D eigenvalue weighted by Crippen LogP contribution is 2.29. The lowest BCUT2D eigenvalue weighted by molar-refractivity contribution is -0.0373. The number of ether oxygens (including phenoxy) is 2. The number of benzene rings is 1. The Balaban J connectivity index is 1.82. The van der Waals surface area contributed by atoms with Gasteiger partial charge in [-0.3, -0.25) is 0 Å². The van der Waals surface area contributed by atoms with Crippen LogP contribution in [0.4, 0.5) is 13.6 Å². The minimum atomic E-state index is -1.53. The summed E-state index contributed by atoms with van der Waals surface area (Å²) in [5.74, 6) is -0.450. The molecule has 0 N–H and O–H groups in total. The van der Waals surface area contributed by atoms with Gasteiger partial charge in [-0.25, -0.2) is 13.6 Å². The van der Waals surface area contributed by atoms with Crippen molar-refractivity contribution in [2.24, 2.45) is 0 Å². The number of carbonyl (C=O) groups is 1. The van der Waals surface area contributed by atoms with E-state index in [0.717, 1.165) is 0 Å². The fourth-order valence-electron chi connectivity index (χ4n) is 2.58. The molecule has 0 aliphatic carbocycles. The molecule has 0 saturated carbocycles. The molecule has 1 fully saturated rings. The van der Waals surface area contributed by atoms with Crippen molar-refractivity contribution in [3.8, 4) is 0 Å². The van der Waals surface area contributed by atoms with Gasteiger partial charge in [0.15, 0.2) is 0 Å². The van der Waals surface area contributed by atoms with Gasteiger partial charge in [0, 0.05) is 31.0 Å². The molecule has 0 radical (unpaired) electrons. The van der Waals surface area contributed by atoms with E-state index in [9.17, 15) is 13.6 Å². The average Bonchev–Trinajstić information content (AvgIpc) is 2.51. The number of alkyl halides is 1. The number of amides is 1. The van der Waals surface area contributed by atoms with Gasteiger partial charge in [-0.05, 0) is 54.4 Å². The van der Waals surface area contributed by atoms with Crippen molar-refractivity contribution in [1.82, 2.24) is 4.90 Å². The quantitative estimate of drug-likeness (QED) is 0.564. The van der Waals surface area contributed by atoms with Gasteiger partial charge in [0.05, 0.1) is 17.7 Å². The molecule has 4 nitrogen and oxygen atoms in total. The molecule has 1 saturated heterocycles. The van der Waals surface area contributed by atoms with Gasteiger partial charge in [0.1, 0.15) is 17.1 Å². The molecule has 0 aromatic heterocycles. The summed E-state index contributed by atoms with van der Waals surface area (Å²) in [4.78, 5) is 13.5. The van der Waals surface area contributed by atoms with Crippen LogP contribution >= 0.6 is 27.5 Å². The van der Waals surface area contributed by atoms with Crippen molar-refractivity contribution in [2.45, 2.75) is 51.5 Å². The standard InChI is InChI=1S/C18H23BrClF2NO3/c1-17(2,3)26-16(24)23-6-4-18(22,5-7-23)11-25-10-12-8-15(21)13(19)9-14(12)20/h8-9H,4-7,10-11H2,1-3H3. The molecule has 2 rings (SSSR count). The number of halogens is 4. The summed E-state index contributed by atoms with van der Waals surface area (Å²) in [5, 5.41) is 0.353. The zero-order chi connectivity index (χ0) is 19.5. The Morgan fingerprint density at radius 1 is 1.35 bits per heavy atom. The Labute approximate surface area is 165 Å². The summed E-state index contributed by atoms with van der Waals surface area (Å²) in [6.45, 7) is 5.78. The number of likely N-dealkylation sites (tertiary alicyclic amines) is 1. The lowest BCUT2D eigenvalue weighted by Crippen LogP contribution is -2.48. The summed E-state index contributed by atoms with van der Waals surface area (Å²) >= 11 is 9.09. The molecule has 0 unspecified atom stereocenters. The summed E-state index contributed by atoms with van der Waals surface area (Å²) in [5.41, 5.74) is -1.65. The van der Waals surface area contributed by atoms with E-state index in [1.165, 1.54) is 17.0 Å². The number of piperidine rings is 1. The van der Waals surface area contributed by atoms with Crippen LogP contribution in [0, 0.1) is 5.82 Å². The zero-order valence-corrected chi connectivity index (χ0v) is 17.4. The monoisotopic (exact) mass is 453 g/mol. The summed E-state index contributed by atoms with van der Waals surface area (Å²) in [7, 11) is 0. The fraction of sp³-hybridized carbons (Fsp3) is 0.611. The molecule has 0 atom stereocenters. The van der Waals surface area contributed by atoms with E-state index in [-0.39, 0.29) is 43.6 Å². The molecule has 1 aliphatic heterocycles. The van der Waals surface area contributed by atoms with Crippen molar-refractivity contribution >= 4 is 33.6 Å². The summed E-state index contributed by atoms with van der Waals surface area (Å²) in [6, 6.07) is 2.71. The molecule has 1 aliphatic rings. The maximum atomic E-state index is 14.9. The second-order valence-corrected chi connectivity index (χ2v) is 8.73. The Kier molecular flexibility index (Phi) is 6.91. The van der Waals surface area contributed by atoms with Crippen LogP contribution in [-0.4, -0.2) is 42.0 Å². The van der Waals surface area contributed by atoms with Crippen LogP contribution in [0.3, 0.4) is 0 Å². The first-order chi connectivity index (χ1) is 12.0. The van der Waals surface area contributed by atoms with Gasteiger partial charge in [-0.15, -0.1) is 0 Å². The first-order valence-corrected chi connectivity index (χ1v) is 9.54. The molecule has 146 valence electrons. The number of hydrogen-bond acceptors (Lipinski definition) is 3. The van der Waals surface area contributed by atoms with Gasteiger partial charge in [-0.1, -0.05) is 11.6 Å². The van der Waals surface area contributed by atoms with E-state index in [4.69, 9.17) is 21.1 Å². The van der Waals surface area contributed by atoms with Crippen LogP contribution in [0.15, 0.2) is 16.6 Å². The molecule has 1 heterocycles. The number of hydrogen-bond donors (Lipinski definition) is 0. The molecule has 1 amide bonds. The fourth-order valence-corrected chi connectivity index (χ4v) is 3.27. The highest BCUT2D eigenvalue weighted by molar-refractivity contribution is 9.10. The minimum absolute atomic E-state index is 0.0183. The third-order valence-electron chi connectivity index (χ3n) is 4.02. The average molecular weight is 455 g/mol. The molecular formula is C18H23BrClF2NO3. The van der Waals surface area contributed by atoms with Crippen LogP contribution in [0.25, 0.3) is 0 Å². The molecule has 1 aromatic rings. The molecule has 0 bridgehead atoms. The van der Waals surface area contributed by atoms with E-state index >= 15 is 0 Å². The number of rotatable bonds is 4. The second kappa shape index (κ2) is 8.40. The SMILES string of the molecule is CC(C)(C)OC(=O)N1CCC(F)(COCc2cc(F)c(Br)cc2Cl)CC1. The van der Waals surface area contributed by atoms with E-state index < -0.39 is 23.2 Å². The van der Waals surface area contributed by atoms with Crippen molar-refractivity contribution in [1.29, 1.82) is 0 Å². The Morgan fingerprint density at radius 3 is 2.54 bits per heavy atom. The Bertz CT molecular complexity index is 659. The third-order valence-corrected chi connectivity index (χ3v) is 4.98. The smallest absolute Gasteiger partial charge is 0.410 e. The summed E-state index contributed by atoms with van der Waals surface area (Å²) < 4.78 is 39.4. The first-order valence-electron chi connectivity index (χ1n) is 8.37. The lowest BCUT2D eigenvalue weighted by Gasteiger charge is -2.36. The minimum Gasteiger partial charge on any atom is -0.444 e. The normalized spacial score (nSPS) is 17.3. The summed E-state index contributed by atoms with van der Waals surface area (Å²) in [6.07, 6.45) is -0.110. The van der Waals surface area contributed by atoms with Crippen molar-refractivity contribution in [3.05, 3.63) is 33.0 Å². The maximum Gasteiger partial charge on any atom is 0.410 e. The number of carbonyl (C=O) groups excluding carboxylic acids is 1. The van der Waals surface area contributed by atoms with Crippen molar-refractivity contribution < 1.29 is 23.0 Å². The highest BCUT2D eigenvalue weighted by atomic mass is 79.9. The molecular weight excluding hydrogens is 432 g/mol. The van der Waals surface area contributed by atoms with Gasteiger partial charge in [0.25, 0.3) is 0 Å². The van der Waals surface area contributed by atoms with Crippen LogP contribution in [0.2, 0.25) is 5.02 Å². The van der Waals surface area contributed by atoms with Crippen molar-refractivity contribution in [3.63, 3.8) is 0 Å². The van der Waals surface area contributed by atoms with Crippen LogP contribution < -0.4 is 0 Å². The first kappa shape index (κ1) is 21.4. The van der Waals surface area contributed by atoms with Gasteiger partial charge in [-0.2, -0.15) is 0 Å². The maximum absolute atomic E-state index is 14.9. The van der Waals surface area contributed by atoms with E-state index in [1.807, 2.05) is 0 Å². The van der Waals surface area contributed by atoms with Crippen LogP contribution in [0.5, 0.6) is 0 Å². The molecule has 0 spiro atoms. The third kappa shape index (κ3) is 6.06. The van der Waals surface area contributed by atoms with E-state index in [1.54, 1.807) is 20.8 Å². The highest BCUT2D eigenvalue weighted by Gasteiger charge is 2.37. The topological polar surface area (TPSA) is 38.8 Å². The lowest BCUT2D eigenvalue weighted by atomic mass is 9.94. The second-order valence-electron chi connectivity index (χ2n) is 7.47. The Morgan fingerprint density at radius 2 is 1.96 bits per heavy atom. The van der Waals surface area contributed by atoms with Gasteiger partial charge >= 0.3 is 6.09 Å². The Hall–Kier alpha value is -0.920. The predicted octanol–water partition coefficient (Wildman–Crippen LogP) is 5.50. The predicted molar refractivity (Wildman–Crippen MR) is 99.6 cm³/mol. The van der Waals surface area contributed by atoms with Crippen LogP contribution in [0.1, 0.15) is 39.2 Å². The van der Waals surface area contributed by atoms with Gasteiger partial charge in [0.2, 0.25) is 0 Å². The van der Waals surface area contributed by atoms with Crippen LogP contribution in [-0.2, 0) is 16.1 Å². The largest absolute Gasteiger partial charge is 0.444 e. The van der Waals surface area contributed by atoms with E-state index in [0.29, 0.717) is 10.6 Å². The van der Waals surface area contributed by atoms with E-state index in [2.05, 4.69) is 15.9 Å².